The fourth-order valence-corrected chi connectivity index (χ4v) is 3.64. The molecule has 0 aliphatic rings. The molecule has 0 fully saturated rings. The summed E-state index contributed by atoms with van der Waals surface area (Å²) in [7, 11) is -3.95. The Labute approximate surface area is 154 Å². The summed E-state index contributed by atoms with van der Waals surface area (Å²) in [4.78, 5) is 22.5. The number of carbonyl (C=O) groups excluding carboxylic acids is 1. The third-order valence-corrected chi connectivity index (χ3v) is 5.33. The molecule has 0 spiro atoms. The lowest BCUT2D eigenvalue weighted by molar-refractivity contribution is -0.135. The molecule has 0 saturated carbocycles. The zero-order chi connectivity index (χ0) is 19.5. The van der Waals surface area contributed by atoms with E-state index in [0.717, 1.165) is 0 Å². The van der Waals surface area contributed by atoms with E-state index in [0.29, 0.717) is 16.7 Å². The molecule has 2 aromatic carbocycles. The van der Waals surface area contributed by atoms with E-state index < -0.39 is 27.5 Å². The number of carbonyl (C=O) groups is 2. The van der Waals surface area contributed by atoms with Gasteiger partial charge in [-0.1, -0.05) is 29.8 Å². The lowest BCUT2D eigenvalue weighted by atomic mass is 10.1. The Morgan fingerprint density at radius 3 is 2.42 bits per heavy atom. The second kappa shape index (κ2) is 7.59. The number of carboxylic acids is 1. The molecule has 7 nitrogen and oxygen atoms in total. The van der Waals surface area contributed by atoms with Gasteiger partial charge in [0, 0.05) is 22.3 Å². The van der Waals surface area contributed by atoms with Crippen LogP contribution in [0.25, 0.3) is 0 Å². The number of aliphatic hydroxyl groups is 1. The van der Waals surface area contributed by atoms with E-state index in [1.165, 1.54) is 36.4 Å². The van der Waals surface area contributed by atoms with Crippen LogP contribution in [0.4, 0.5) is 5.69 Å². The van der Waals surface area contributed by atoms with Crippen molar-refractivity contribution in [1.29, 1.82) is 0 Å². The highest BCUT2D eigenvalue weighted by atomic mass is 35.5. The SMILES string of the molecule is Cc1c(Cl)cccc1S(=O)(=O)Nc1cccc(C(=O)C=C(O)C(=O)O)c1. The first kappa shape index (κ1) is 19.5. The van der Waals surface area contributed by atoms with Crippen molar-refractivity contribution in [2.75, 3.05) is 4.72 Å². The van der Waals surface area contributed by atoms with Crippen LogP contribution in [0.1, 0.15) is 15.9 Å². The minimum absolute atomic E-state index is 0.000756. The van der Waals surface area contributed by atoms with Gasteiger partial charge in [-0.05, 0) is 36.8 Å². The molecule has 9 heteroatoms. The summed E-state index contributed by atoms with van der Waals surface area (Å²) in [6.07, 6.45) is 0.539. The Bertz CT molecular complexity index is 1010. The highest BCUT2D eigenvalue weighted by Crippen LogP contribution is 2.25. The van der Waals surface area contributed by atoms with Crippen molar-refractivity contribution in [3.63, 3.8) is 0 Å². The van der Waals surface area contributed by atoms with Crippen LogP contribution in [0, 0.1) is 6.92 Å². The van der Waals surface area contributed by atoms with Crippen molar-refractivity contribution in [2.45, 2.75) is 11.8 Å². The zero-order valence-electron chi connectivity index (χ0n) is 13.4. The van der Waals surface area contributed by atoms with Crippen LogP contribution in [-0.4, -0.2) is 30.4 Å². The van der Waals surface area contributed by atoms with Crippen molar-refractivity contribution in [3.8, 4) is 0 Å². The molecule has 0 amide bonds. The third-order valence-electron chi connectivity index (χ3n) is 3.39. The van der Waals surface area contributed by atoms with E-state index in [-0.39, 0.29) is 16.1 Å². The normalized spacial score (nSPS) is 11.8. The summed E-state index contributed by atoms with van der Waals surface area (Å²) in [6.45, 7) is 1.57. The van der Waals surface area contributed by atoms with Gasteiger partial charge in [0.25, 0.3) is 10.0 Å². The van der Waals surface area contributed by atoms with Crippen LogP contribution in [0.15, 0.2) is 59.2 Å². The number of carboxylic acid groups (broad SMARTS) is 1. The Morgan fingerprint density at radius 2 is 1.77 bits per heavy atom. The number of allylic oxidation sites excluding steroid dienone is 1. The summed E-state index contributed by atoms with van der Waals surface area (Å²) in [5.41, 5.74) is 0.475. The van der Waals surface area contributed by atoms with Gasteiger partial charge >= 0.3 is 5.97 Å². The highest BCUT2D eigenvalue weighted by molar-refractivity contribution is 7.92. The molecule has 2 rings (SSSR count). The summed E-state index contributed by atoms with van der Waals surface area (Å²) >= 11 is 5.95. The van der Waals surface area contributed by atoms with E-state index in [1.807, 2.05) is 0 Å². The third kappa shape index (κ3) is 4.41. The van der Waals surface area contributed by atoms with Crippen LogP contribution < -0.4 is 4.72 Å². The average molecular weight is 396 g/mol. The average Bonchev–Trinajstić information content (AvgIpc) is 2.56. The Morgan fingerprint density at radius 1 is 1.12 bits per heavy atom. The fourth-order valence-electron chi connectivity index (χ4n) is 2.09. The molecule has 26 heavy (non-hydrogen) atoms. The van der Waals surface area contributed by atoms with Crippen molar-refractivity contribution >= 4 is 39.1 Å². The van der Waals surface area contributed by atoms with Gasteiger partial charge in [-0.2, -0.15) is 0 Å². The number of sulfonamides is 1. The maximum absolute atomic E-state index is 12.5. The topological polar surface area (TPSA) is 121 Å². The number of anilines is 1. The zero-order valence-corrected chi connectivity index (χ0v) is 15.0. The Balaban J connectivity index is 2.34. The number of nitrogens with one attached hydrogen (secondary N) is 1. The summed E-state index contributed by atoms with van der Waals surface area (Å²) in [5, 5.41) is 18.0. The minimum Gasteiger partial charge on any atom is -0.502 e. The molecule has 0 aliphatic heterocycles. The van der Waals surface area contributed by atoms with E-state index in [9.17, 15) is 18.0 Å². The molecule has 3 N–H and O–H groups in total. The van der Waals surface area contributed by atoms with Crippen LogP contribution in [0.2, 0.25) is 5.02 Å². The quantitative estimate of drug-likeness (QED) is 0.392. The monoisotopic (exact) mass is 395 g/mol. The minimum atomic E-state index is -3.95. The van der Waals surface area contributed by atoms with Crippen molar-refractivity contribution in [2.24, 2.45) is 0 Å². The van der Waals surface area contributed by atoms with E-state index in [4.69, 9.17) is 21.8 Å². The molecule has 0 unspecified atom stereocenters. The predicted octanol–water partition coefficient (Wildman–Crippen LogP) is 3.16. The van der Waals surface area contributed by atoms with Crippen LogP contribution in [0.3, 0.4) is 0 Å². The van der Waals surface area contributed by atoms with E-state index in [2.05, 4.69) is 4.72 Å². The van der Waals surface area contributed by atoms with Gasteiger partial charge in [0.15, 0.2) is 5.78 Å². The molecule has 136 valence electrons. The number of rotatable bonds is 6. The number of hydrogen-bond acceptors (Lipinski definition) is 5. The molecular formula is C17H14ClNO6S. The van der Waals surface area contributed by atoms with Gasteiger partial charge in [0.2, 0.25) is 5.76 Å². The first-order chi connectivity index (χ1) is 12.1. The molecule has 0 heterocycles. The Kier molecular flexibility index (Phi) is 5.69. The highest BCUT2D eigenvalue weighted by Gasteiger charge is 2.19. The van der Waals surface area contributed by atoms with Gasteiger partial charge in [-0.25, -0.2) is 13.2 Å². The first-order valence-electron chi connectivity index (χ1n) is 7.18. The van der Waals surface area contributed by atoms with Gasteiger partial charge in [-0.15, -0.1) is 0 Å². The first-order valence-corrected chi connectivity index (χ1v) is 9.04. The smallest absolute Gasteiger partial charge is 0.371 e. The summed E-state index contributed by atoms with van der Waals surface area (Å²) < 4.78 is 27.4. The summed E-state index contributed by atoms with van der Waals surface area (Å²) in [5.74, 6) is -3.55. The van der Waals surface area contributed by atoms with Crippen LogP contribution in [-0.2, 0) is 14.8 Å². The largest absolute Gasteiger partial charge is 0.502 e. The predicted molar refractivity (Wildman–Crippen MR) is 96.1 cm³/mol. The Hall–Kier alpha value is -2.84. The van der Waals surface area contributed by atoms with Gasteiger partial charge in [0.05, 0.1) is 4.90 Å². The maximum atomic E-state index is 12.5. The number of benzene rings is 2. The number of hydrogen-bond donors (Lipinski definition) is 3. The number of halogens is 1. The standard InChI is InChI=1S/C17H14ClNO6S/c1-10-13(18)6-3-7-16(10)26(24,25)19-12-5-2-4-11(8-12)14(20)9-15(21)17(22)23/h2-9,19,21H,1H3,(H,22,23). The lowest BCUT2D eigenvalue weighted by Gasteiger charge is -2.11. The van der Waals surface area contributed by atoms with Gasteiger partial charge in [-0.3, -0.25) is 9.52 Å². The molecule has 0 bridgehead atoms. The van der Waals surface area contributed by atoms with Gasteiger partial charge in [0.1, 0.15) is 0 Å². The van der Waals surface area contributed by atoms with Crippen molar-refractivity contribution in [1.82, 2.24) is 0 Å². The molecule has 0 atom stereocenters. The molecule has 0 aliphatic carbocycles. The molecule has 0 radical (unpaired) electrons. The maximum Gasteiger partial charge on any atom is 0.371 e. The van der Waals surface area contributed by atoms with Crippen LogP contribution >= 0.6 is 11.6 Å². The second-order valence-corrected chi connectivity index (χ2v) is 7.31. The van der Waals surface area contributed by atoms with E-state index >= 15 is 0 Å². The fraction of sp³-hybridized carbons (Fsp3) is 0.0588. The van der Waals surface area contributed by atoms with Crippen LogP contribution in [0.5, 0.6) is 0 Å². The lowest BCUT2D eigenvalue weighted by Crippen LogP contribution is -2.14. The molecular weight excluding hydrogens is 382 g/mol. The van der Waals surface area contributed by atoms with Gasteiger partial charge < -0.3 is 10.2 Å². The number of ketones is 1. The number of aliphatic carboxylic acids is 1. The second-order valence-electron chi connectivity index (χ2n) is 5.25. The molecule has 0 saturated heterocycles. The summed E-state index contributed by atoms with van der Waals surface area (Å²) in [6, 6.07) is 9.89. The number of aliphatic hydroxyl groups excluding tert-OH is 1. The molecule has 2 aromatic rings. The molecule has 0 aromatic heterocycles. The van der Waals surface area contributed by atoms with Crippen molar-refractivity contribution < 1.29 is 28.2 Å². The van der Waals surface area contributed by atoms with E-state index in [1.54, 1.807) is 13.0 Å². The van der Waals surface area contributed by atoms with Crippen molar-refractivity contribution in [3.05, 3.63) is 70.4 Å².